The number of amides is 1. The number of benzene rings is 1. The highest BCUT2D eigenvalue weighted by molar-refractivity contribution is 5.80. The molecular weight excluding hydrogens is 310 g/mol. The summed E-state index contributed by atoms with van der Waals surface area (Å²) in [5.41, 5.74) is 0.978. The zero-order chi connectivity index (χ0) is 16.8. The summed E-state index contributed by atoms with van der Waals surface area (Å²) in [6, 6.07) is 11.7. The third-order valence-corrected chi connectivity index (χ3v) is 3.64. The van der Waals surface area contributed by atoms with Gasteiger partial charge >= 0.3 is 0 Å². The highest BCUT2D eigenvalue weighted by Crippen LogP contribution is 2.17. The lowest BCUT2D eigenvalue weighted by atomic mass is 10.0. The average molecular weight is 327 g/mol. The molecule has 0 spiro atoms. The Morgan fingerprint density at radius 2 is 2.08 bits per heavy atom. The number of hydrogen-bond acceptors (Lipinski definition) is 6. The Labute approximate surface area is 138 Å². The minimum Gasteiger partial charge on any atom is -0.467 e. The van der Waals surface area contributed by atoms with Crippen molar-refractivity contribution < 1.29 is 14.3 Å². The first-order chi connectivity index (χ1) is 11.8. The number of rotatable bonds is 7. The second kappa shape index (κ2) is 7.51. The summed E-state index contributed by atoms with van der Waals surface area (Å²) in [5.74, 6) is 0.183. The SMILES string of the molecule is O=C(NC(CO)c1ccco1)C(Cc1ccccc1)n1cnnn1. The summed E-state index contributed by atoms with van der Waals surface area (Å²) in [7, 11) is 0. The van der Waals surface area contributed by atoms with Crippen LogP contribution < -0.4 is 5.32 Å². The van der Waals surface area contributed by atoms with E-state index < -0.39 is 12.1 Å². The maximum atomic E-state index is 12.7. The largest absolute Gasteiger partial charge is 0.467 e. The van der Waals surface area contributed by atoms with Gasteiger partial charge in [0.1, 0.15) is 24.2 Å². The fraction of sp³-hybridized carbons (Fsp3) is 0.250. The first-order valence-corrected chi connectivity index (χ1v) is 7.49. The zero-order valence-electron chi connectivity index (χ0n) is 12.8. The molecule has 0 aliphatic heterocycles. The lowest BCUT2D eigenvalue weighted by Crippen LogP contribution is -2.38. The number of nitrogens with zero attached hydrogens (tertiary/aromatic N) is 4. The molecule has 3 aromatic rings. The summed E-state index contributed by atoms with van der Waals surface area (Å²) >= 11 is 0. The Bertz CT molecular complexity index is 743. The maximum Gasteiger partial charge on any atom is 0.246 e. The normalized spacial score (nSPS) is 13.4. The van der Waals surface area contributed by atoms with Crippen LogP contribution in [-0.4, -0.2) is 37.8 Å². The molecule has 8 nitrogen and oxygen atoms in total. The number of aliphatic hydroxyl groups is 1. The molecule has 2 heterocycles. The van der Waals surface area contributed by atoms with Crippen LogP contribution >= 0.6 is 0 Å². The number of aromatic nitrogens is 4. The van der Waals surface area contributed by atoms with Gasteiger partial charge in [-0.05, 0) is 28.1 Å². The Morgan fingerprint density at radius 3 is 2.71 bits per heavy atom. The molecule has 2 atom stereocenters. The van der Waals surface area contributed by atoms with Crippen LogP contribution in [-0.2, 0) is 11.2 Å². The fourth-order valence-corrected chi connectivity index (χ4v) is 2.42. The van der Waals surface area contributed by atoms with Gasteiger partial charge in [0.05, 0.1) is 12.9 Å². The topological polar surface area (TPSA) is 106 Å². The Morgan fingerprint density at radius 1 is 1.25 bits per heavy atom. The molecule has 0 radical (unpaired) electrons. The standard InChI is InChI=1S/C16H17N5O3/c22-10-13(15-7-4-8-24-15)18-16(23)14(21-11-17-19-20-21)9-12-5-2-1-3-6-12/h1-8,11,13-14,22H,9-10H2,(H,18,23). The minimum atomic E-state index is -0.633. The van der Waals surface area contributed by atoms with E-state index in [0.29, 0.717) is 12.2 Å². The lowest BCUT2D eigenvalue weighted by molar-refractivity contribution is -0.125. The molecular formula is C16H17N5O3. The van der Waals surface area contributed by atoms with Gasteiger partial charge in [0.15, 0.2) is 0 Å². The number of tetrazole rings is 1. The quantitative estimate of drug-likeness (QED) is 0.668. The molecule has 24 heavy (non-hydrogen) atoms. The lowest BCUT2D eigenvalue weighted by Gasteiger charge is -2.20. The highest BCUT2D eigenvalue weighted by atomic mass is 16.3. The molecule has 0 fully saturated rings. The van der Waals surface area contributed by atoms with E-state index in [4.69, 9.17) is 4.42 Å². The zero-order valence-corrected chi connectivity index (χ0v) is 12.8. The van der Waals surface area contributed by atoms with Crippen LogP contribution in [0.25, 0.3) is 0 Å². The summed E-state index contributed by atoms with van der Waals surface area (Å²) in [6.07, 6.45) is 3.31. The van der Waals surface area contributed by atoms with Gasteiger partial charge in [-0.15, -0.1) is 5.10 Å². The maximum absolute atomic E-state index is 12.7. The van der Waals surface area contributed by atoms with E-state index in [1.54, 1.807) is 12.1 Å². The van der Waals surface area contributed by atoms with Crippen LogP contribution in [0.3, 0.4) is 0 Å². The number of furan rings is 1. The molecule has 1 amide bonds. The number of nitrogens with one attached hydrogen (secondary N) is 1. The van der Waals surface area contributed by atoms with Crippen molar-refractivity contribution in [1.82, 2.24) is 25.5 Å². The van der Waals surface area contributed by atoms with Crippen LogP contribution in [0.4, 0.5) is 0 Å². The monoisotopic (exact) mass is 327 g/mol. The molecule has 2 aromatic heterocycles. The molecule has 3 rings (SSSR count). The summed E-state index contributed by atoms with van der Waals surface area (Å²) < 4.78 is 6.66. The highest BCUT2D eigenvalue weighted by Gasteiger charge is 2.26. The Hall–Kier alpha value is -3.00. The van der Waals surface area contributed by atoms with Crippen LogP contribution in [0.2, 0.25) is 0 Å². The summed E-state index contributed by atoms with van der Waals surface area (Å²) in [6.45, 7) is -0.271. The number of carbonyl (C=O) groups is 1. The van der Waals surface area contributed by atoms with Crippen LogP contribution in [0.15, 0.2) is 59.5 Å². The van der Waals surface area contributed by atoms with Crippen LogP contribution in [0, 0.1) is 0 Å². The van der Waals surface area contributed by atoms with Gasteiger partial charge in [-0.25, -0.2) is 4.68 Å². The molecule has 0 saturated heterocycles. The average Bonchev–Trinajstić information content (AvgIpc) is 3.31. The van der Waals surface area contributed by atoms with Gasteiger partial charge in [0.25, 0.3) is 0 Å². The minimum absolute atomic E-state index is 0.271. The molecule has 0 bridgehead atoms. The molecule has 2 unspecified atom stereocenters. The molecule has 2 N–H and O–H groups in total. The van der Waals surface area contributed by atoms with Gasteiger partial charge in [-0.2, -0.15) is 0 Å². The van der Waals surface area contributed by atoms with Crippen molar-refractivity contribution in [3.8, 4) is 0 Å². The predicted molar refractivity (Wildman–Crippen MR) is 83.7 cm³/mol. The summed E-state index contributed by atoms with van der Waals surface area (Å²) in [4.78, 5) is 12.7. The van der Waals surface area contributed by atoms with Crippen molar-refractivity contribution in [3.05, 3.63) is 66.4 Å². The molecule has 0 aliphatic carbocycles. The molecule has 0 aliphatic rings. The Kier molecular flexibility index (Phi) is 4.97. The van der Waals surface area contributed by atoms with Crippen molar-refractivity contribution in [2.45, 2.75) is 18.5 Å². The molecule has 1 aromatic carbocycles. The van der Waals surface area contributed by atoms with Gasteiger partial charge in [-0.1, -0.05) is 30.3 Å². The van der Waals surface area contributed by atoms with E-state index in [-0.39, 0.29) is 12.5 Å². The third kappa shape index (κ3) is 3.66. The first-order valence-electron chi connectivity index (χ1n) is 7.49. The van der Waals surface area contributed by atoms with Crippen LogP contribution in [0.5, 0.6) is 0 Å². The summed E-state index contributed by atoms with van der Waals surface area (Å²) in [5, 5.41) is 23.3. The van der Waals surface area contributed by atoms with Crippen molar-refractivity contribution in [1.29, 1.82) is 0 Å². The van der Waals surface area contributed by atoms with E-state index in [1.165, 1.54) is 17.3 Å². The number of aliphatic hydroxyl groups excluding tert-OH is 1. The molecule has 124 valence electrons. The van der Waals surface area contributed by atoms with Gasteiger partial charge in [0, 0.05) is 6.42 Å². The van der Waals surface area contributed by atoms with E-state index in [0.717, 1.165) is 5.56 Å². The van der Waals surface area contributed by atoms with E-state index in [2.05, 4.69) is 20.8 Å². The number of carbonyl (C=O) groups excluding carboxylic acids is 1. The van der Waals surface area contributed by atoms with E-state index >= 15 is 0 Å². The predicted octanol–water partition coefficient (Wildman–Crippen LogP) is 0.900. The van der Waals surface area contributed by atoms with E-state index in [1.807, 2.05) is 30.3 Å². The van der Waals surface area contributed by atoms with Gasteiger partial charge < -0.3 is 14.8 Å². The van der Waals surface area contributed by atoms with Gasteiger partial charge in [-0.3, -0.25) is 4.79 Å². The fourth-order valence-electron chi connectivity index (χ4n) is 2.42. The van der Waals surface area contributed by atoms with E-state index in [9.17, 15) is 9.90 Å². The van der Waals surface area contributed by atoms with Crippen molar-refractivity contribution >= 4 is 5.91 Å². The second-order valence-corrected chi connectivity index (χ2v) is 5.25. The van der Waals surface area contributed by atoms with Crippen molar-refractivity contribution in [3.63, 3.8) is 0 Å². The first kappa shape index (κ1) is 15.9. The molecule has 0 saturated carbocycles. The van der Waals surface area contributed by atoms with Crippen molar-refractivity contribution in [2.75, 3.05) is 6.61 Å². The third-order valence-electron chi connectivity index (χ3n) is 3.64. The second-order valence-electron chi connectivity index (χ2n) is 5.25. The smallest absolute Gasteiger partial charge is 0.246 e. The Balaban J connectivity index is 1.78. The van der Waals surface area contributed by atoms with Crippen LogP contribution in [0.1, 0.15) is 23.4 Å². The van der Waals surface area contributed by atoms with Gasteiger partial charge in [0.2, 0.25) is 5.91 Å². The molecule has 8 heteroatoms. The van der Waals surface area contributed by atoms with Crippen molar-refractivity contribution in [2.24, 2.45) is 0 Å². The number of hydrogen-bond donors (Lipinski definition) is 2.